The molecule has 4 nitrogen and oxygen atoms in total. The summed E-state index contributed by atoms with van der Waals surface area (Å²) in [4.78, 5) is 27.8. The molecule has 0 aliphatic heterocycles. The average Bonchev–Trinajstić information content (AvgIpc) is 2.75. The average molecular weight is 447 g/mol. The van der Waals surface area contributed by atoms with Gasteiger partial charge in [0.1, 0.15) is 6.04 Å². The summed E-state index contributed by atoms with van der Waals surface area (Å²) in [5.74, 6) is 0.820. The van der Waals surface area contributed by atoms with E-state index < -0.39 is 6.04 Å². The molecule has 0 aliphatic carbocycles. The van der Waals surface area contributed by atoms with Crippen molar-refractivity contribution < 1.29 is 9.59 Å². The van der Waals surface area contributed by atoms with Crippen molar-refractivity contribution in [1.82, 2.24) is 10.2 Å². The fraction of sp³-hybridized carbons (Fsp3) is 0.417. The second kappa shape index (κ2) is 12.7. The Morgan fingerprint density at radius 3 is 2.33 bits per heavy atom. The smallest absolute Gasteiger partial charge is 0.243 e. The van der Waals surface area contributed by atoms with Gasteiger partial charge in [-0.25, -0.2) is 0 Å². The van der Waals surface area contributed by atoms with Crippen molar-refractivity contribution in [3.63, 3.8) is 0 Å². The minimum absolute atomic E-state index is 0.0398. The van der Waals surface area contributed by atoms with E-state index in [-0.39, 0.29) is 17.9 Å². The van der Waals surface area contributed by atoms with Gasteiger partial charge in [0.15, 0.2) is 0 Å². The number of amides is 2. The SMILES string of the molecule is CC[C@@H](C)NC(=O)[C@H](CC)N(Cc1ccccc1)C(=O)CSCc1ccccc1Cl. The molecule has 6 heteroatoms. The fourth-order valence-corrected chi connectivity index (χ4v) is 4.28. The highest BCUT2D eigenvalue weighted by Gasteiger charge is 2.29. The molecule has 0 spiro atoms. The van der Waals surface area contributed by atoms with Crippen LogP contribution in [0, 0.1) is 0 Å². The number of nitrogens with one attached hydrogen (secondary N) is 1. The van der Waals surface area contributed by atoms with Gasteiger partial charge in [-0.2, -0.15) is 0 Å². The molecule has 2 atom stereocenters. The highest BCUT2D eigenvalue weighted by molar-refractivity contribution is 7.99. The Morgan fingerprint density at radius 2 is 1.70 bits per heavy atom. The summed E-state index contributed by atoms with van der Waals surface area (Å²) >= 11 is 7.74. The van der Waals surface area contributed by atoms with Crippen molar-refractivity contribution in [1.29, 1.82) is 0 Å². The molecule has 0 saturated heterocycles. The zero-order valence-electron chi connectivity index (χ0n) is 17.9. The standard InChI is InChI=1S/C24H31ClN2O2S/c1-4-18(3)26-24(29)22(5-2)27(15-19-11-7-6-8-12-19)23(28)17-30-16-20-13-9-10-14-21(20)25/h6-14,18,22H,4-5,15-17H2,1-3H3,(H,26,29)/t18-,22+/m1/s1. The summed E-state index contributed by atoms with van der Waals surface area (Å²) in [5.41, 5.74) is 2.02. The van der Waals surface area contributed by atoms with E-state index in [2.05, 4.69) is 5.32 Å². The molecule has 0 fully saturated rings. The van der Waals surface area contributed by atoms with Crippen LogP contribution < -0.4 is 5.32 Å². The van der Waals surface area contributed by atoms with E-state index in [9.17, 15) is 9.59 Å². The van der Waals surface area contributed by atoms with Crippen molar-refractivity contribution in [3.05, 3.63) is 70.7 Å². The lowest BCUT2D eigenvalue weighted by atomic mass is 10.1. The van der Waals surface area contributed by atoms with E-state index in [0.717, 1.165) is 17.5 Å². The Balaban J connectivity index is 2.11. The van der Waals surface area contributed by atoms with Gasteiger partial charge in [-0.1, -0.05) is 74.0 Å². The predicted molar refractivity (Wildman–Crippen MR) is 127 cm³/mol. The minimum Gasteiger partial charge on any atom is -0.352 e. The summed E-state index contributed by atoms with van der Waals surface area (Å²) in [6, 6.07) is 17.1. The number of hydrogen-bond acceptors (Lipinski definition) is 3. The monoisotopic (exact) mass is 446 g/mol. The number of carbonyl (C=O) groups is 2. The van der Waals surface area contributed by atoms with Crippen LogP contribution in [0.15, 0.2) is 54.6 Å². The normalized spacial score (nSPS) is 12.8. The summed E-state index contributed by atoms with van der Waals surface area (Å²) in [6.45, 7) is 6.37. The molecule has 2 amide bonds. The predicted octanol–water partition coefficient (Wildman–Crippen LogP) is 5.30. The number of rotatable bonds is 11. The quantitative estimate of drug-likeness (QED) is 0.509. The second-order valence-corrected chi connectivity index (χ2v) is 8.73. The summed E-state index contributed by atoms with van der Waals surface area (Å²) < 4.78 is 0. The third-order valence-electron chi connectivity index (χ3n) is 5.02. The Labute approximate surface area is 189 Å². The van der Waals surface area contributed by atoms with Crippen LogP contribution >= 0.6 is 23.4 Å². The fourth-order valence-electron chi connectivity index (χ4n) is 3.09. The van der Waals surface area contributed by atoms with Gasteiger partial charge in [-0.15, -0.1) is 11.8 Å². The number of halogens is 1. The van der Waals surface area contributed by atoms with Crippen molar-refractivity contribution in [2.75, 3.05) is 5.75 Å². The zero-order chi connectivity index (χ0) is 21.9. The largest absolute Gasteiger partial charge is 0.352 e. The Morgan fingerprint density at radius 1 is 1.03 bits per heavy atom. The number of benzene rings is 2. The van der Waals surface area contributed by atoms with Crippen LogP contribution in [0.1, 0.15) is 44.7 Å². The number of hydrogen-bond donors (Lipinski definition) is 1. The van der Waals surface area contributed by atoms with Crippen molar-refractivity contribution >= 4 is 35.2 Å². The van der Waals surface area contributed by atoms with Crippen LogP contribution in [0.4, 0.5) is 0 Å². The lowest BCUT2D eigenvalue weighted by molar-refractivity contribution is -0.139. The Bertz CT molecular complexity index is 816. The van der Waals surface area contributed by atoms with Gasteiger partial charge in [0.25, 0.3) is 0 Å². The summed E-state index contributed by atoms with van der Waals surface area (Å²) in [7, 11) is 0. The molecular weight excluding hydrogens is 416 g/mol. The summed E-state index contributed by atoms with van der Waals surface area (Å²) in [6.07, 6.45) is 1.42. The lowest BCUT2D eigenvalue weighted by Gasteiger charge is -2.31. The molecule has 2 aromatic carbocycles. The second-order valence-electron chi connectivity index (χ2n) is 7.33. The zero-order valence-corrected chi connectivity index (χ0v) is 19.5. The van der Waals surface area contributed by atoms with Gasteiger partial charge < -0.3 is 10.2 Å². The molecule has 0 heterocycles. The number of thioether (sulfide) groups is 1. The van der Waals surface area contributed by atoms with E-state index in [4.69, 9.17) is 11.6 Å². The van der Waals surface area contributed by atoms with E-state index >= 15 is 0 Å². The summed E-state index contributed by atoms with van der Waals surface area (Å²) in [5, 5.41) is 3.74. The molecule has 0 aliphatic rings. The molecule has 0 bridgehead atoms. The first-order chi connectivity index (χ1) is 14.5. The molecule has 0 unspecified atom stereocenters. The maximum atomic E-state index is 13.2. The first kappa shape index (κ1) is 24.3. The third kappa shape index (κ3) is 7.37. The van der Waals surface area contributed by atoms with Crippen LogP contribution in [0.2, 0.25) is 5.02 Å². The van der Waals surface area contributed by atoms with Gasteiger partial charge in [0, 0.05) is 23.4 Å². The molecule has 2 rings (SSSR count). The molecule has 30 heavy (non-hydrogen) atoms. The first-order valence-corrected chi connectivity index (χ1v) is 11.9. The maximum absolute atomic E-state index is 13.2. The molecule has 2 aromatic rings. The van der Waals surface area contributed by atoms with Crippen LogP contribution in [-0.2, 0) is 21.9 Å². The van der Waals surface area contributed by atoms with E-state index in [1.807, 2.05) is 75.4 Å². The molecular formula is C24H31ClN2O2S. The lowest BCUT2D eigenvalue weighted by Crippen LogP contribution is -2.51. The van der Waals surface area contributed by atoms with E-state index in [0.29, 0.717) is 29.5 Å². The Kier molecular flexibility index (Phi) is 10.2. The van der Waals surface area contributed by atoms with Crippen LogP contribution in [0.5, 0.6) is 0 Å². The minimum atomic E-state index is -0.493. The third-order valence-corrected chi connectivity index (χ3v) is 6.36. The van der Waals surface area contributed by atoms with Crippen LogP contribution in [0.3, 0.4) is 0 Å². The number of nitrogens with zero attached hydrogens (tertiary/aromatic N) is 1. The first-order valence-electron chi connectivity index (χ1n) is 10.4. The molecule has 1 N–H and O–H groups in total. The topological polar surface area (TPSA) is 49.4 Å². The van der Waals surface area contributed by atoms with Gasteiger partial charge in [0.2, 0.25) is 11.8 Å². The van der Waals surface area contributed by atoms with E-state index in [1.165, 1.54) is 11.8 Å². The number of carbonyl (C=O) groups excluding carboxylic acids is 2. The Hall–Kier alpha value is -1.98. The van der Waals surface area contributed by atoms with Gasteiger partial charge in [0.05, 0.1) is 5.75 Å². The van der Waals surface area contributed by atoms with Crippen LogP contribution in [-0.4, -0.2) is 34.6 Å². The van der Waals surface area contributed by atoms with Gasteiger partial charge in [-0.3, -0.25) is 9.59 Å². The van der Waals surface area contributed by atoms with Gasteiger partial charge >= 0.3 is 0 Å². The highest BCUT2D eigenvalue weighted by atomic mass is 35.5. The van der Waals surface area contributed by atoms with Crippen molar-refractivity contribution in [2.24, 2.45) is 0 Å². The van der Waals surface area contributed by atoms with Crippen molar-refractivity contribution in [2.45, 2.75) is 58.0 Å². The highest BCUT2D eigenvalue weighted by Crippen LogP contribution is 2.22. The molecule has 0 saturated carbocycles. The molecule has 0 radical (unpaired) electrons. The van der Waals surface area contributed by atoms with Crippen LogP contribution in [0.25, 0.3) is 0 Å². The van der Waals surface area contributed by atoms with E-state index in [1.54, 1.807) is 4.90 Å². The maximum Gasteiger partial charge on any atom is 0.243 e. The van der Waals surface area contributed by atoms with Gasteiger partial charge in [-0.05, 0) is 37.0 Å². The molecule has 0 aromatic heterocycles. The molecule has 162 valence electrons. The van der Waals surface area contributed by atoms with Crippen molar-refractivity contribution in [3.8, 4) is 0 Å².